The second-order valence-electron chi connectivity index (χ2n) is 4.21. The second-order valence-corrected chi connectivity index (χ2v) is 4.58. The predicted molar refractivity (Wildman–Crippen MR) is 77.3 cm³/mol. The van der Waals surface area contributed by atoms with Crippen LogP contribution < -0.4 is 11.1 Å². The number of hydrogen-bond acceptors (Lipinski definition) is 7. The molecule has 9 nitrogen and oxygen atoms in total. The highest BCUT2D eigenvalue weighted by Gasteiger charge is 2.32. The van der Waals surface area contributed by atoms with Crippen LogP contribution in [0.1, 0.15) is 6.92 Å². The highest BCUT2D eigenvalue weighted by atomic mass is 32.1. The normalized spacial score (nSPS) is 20.9. The van der Waals surface area contributed by atoms with Crippen LogP contribution in [0.4, 0.5) is 11.4 Å². The van der Waals surface area contributed by atoms with Crippen LogP contribution >= 0.6 is 12.2 Å². The van der Waals surface area contributed by atoms with Crippen molar-refractivity contribution in [3.8, 4) is 0 Å². The highest BCUT2D eigenvalue weighted by molar-refractivity contribution is 7.80. The number of hydrazine groups is 1. The van der Waals surface area contributed by atoms with Crippen LogP contribution in [0.15, 0.2) is 39.5 Å². The average molecular weight is 308 g/mol. The Morgan fingerprint density at radius 1 is 1.48 bits per heavy atom. The molecule has 4 N–H and O–H groups in total. The molecule has 0 aromatic heterocycles. The van der Waals surface area contributed by atoms with E-state index >= 15 is 0 Å². The van der Waals surface area contributed by atoms with Crippen LogP contribution in [0, 0.1) is 5.21 Å². The molecule has 1 unspecified atom stereocenters. The molecule has 1 aromatic carbocycles. The topological polar surface area (TPSA) is 131 Å². The Morgan fingerprint density at radius 2 is 2.10 bits per heavy atom. The first-order chi connectivity index (χ1) is 9.90. The summed E-state index contributed by atoms with van der Waals surface area (Å²) in [6, 6.07) is 4.82. The number of carbonyl (C=O) groups excluding carboxylic acids is 1. The summed E-state index contributed by atoms with van der Waals surface area (Å²) in [5.41, 5.74) is 0.953. The lowest BCUT2D eigenvalue weighted by Crippen LogP contribution is -2.99. The maximum atomic E-state index is 11.9. The van der Waals surface area contributed by atoms with Gasteiger partial charge in [0, 0.05) is 12.1 Å². The summed E-state index contributed by atoms with van der Waals surface area (Å²) >= 11 is 4.82. The van der Waals surface area contributed by atoms with Gasteiger partial charge in [-0.2, -0.15) is 15.5 Å². The molecule has 0 spiro atoms. The zero-order chi connectivity index (χ0) is 15.6. The van der Waals surface area contributed by atoms with Gasteiger partial charge in [-0.3, -0.25) is 4.79 Å². The van der Waals surface area contributed by atoms with Gasteiger partial charge in [0.05, 0.1) is 11.4 Å². The number of carbonyl (C=O) groups is 1. The Bertz CT molecular complexity index is 627. The number of nitrogens with two attached hydrogens (primary N) is 1. The van der Waals surface area contributed by atoms with Gasteiger partial charge in [0.15, 0.2) is 11.7 Å². The van der Waals surface area contributed by atoms with Gasteiger partial charge in [0.1, 0.15) is 0 Å². The number of nitrogens with zero attached hydrogens (tertiary/aromatic N) is 4. The summed E-state index contributed by atoms with van der Waals surface area (Å²) in [6.07, 6.45) is 0. The number of nitrogens with one attached hydrogen (secondary N) is 1. The zero-order valence-electron chi connectivity index (χ0n) is 10.9. The predicted octanol–water partition coefficient (Wildman–Crippen LogP) is 0.00400. The van der Waals surface area contributed by atoms with E-state index in [1.165, 1.54) is 24.3 Å². The zero-order valence-corrected chi connectivity index (χ0v) is 11.7. The molecule has 0 saturated heterocycles. The molecule has 0 fully saturated rings. The fraction of sp³-hybridized carbons (Fsp3) is 0.182. The van der Waals surface area contributed by atoms with Gasteiger partial charge in [0.25, 0.3) is 5.91 Å². The maximum Gasteiger partial charge on any atom is 0.275 e. The van der Waals surface area contributed by atoms with Gasteiger partial charge in [-0.25, -0.2) is 21.1 Å². The van der Waals surface area contributed by atoms with Crippen molar-refractivity contribution in [1.29, 1.82) is 0 Å². The Balaban J connectivity index is 2.18. The molecule has 110 valence electrons. The van der Waals surface area contributed by atoms with Crippen molar-refractivity contribution < 1.29 is 15.2 Å². The Hall–Kier alpha value is -2.11. The van der Waals surface area contributed by atoms with Gasteiger partial charge < -0.3 is 5.21 Å². The number of thiocarbonyl (C=S) groups is 1. The number of azo groups is 1. The van der Waals surface area contributed by atoms with E-state index in [1.807, 2.05) is 0 Å². The molecular formula is C11H12N6O3S. The lowest BCUT2D eigenvalue weighted by atomic mass is 10.1. The molecule has 1 heterocycles. The fourth-order valence-electron chi connectivity index (χ4n) is 1.60. The summed E-state index contributed by atoms with van der Waals surface area (Å²) in [7, 11) is 0. The van der Waals surface area contributed by atoms with Gasteiger partial charge in [-0.05, 0) is 31.3 Å². The van der Waals surface area contributed by atoms with Gasteiger partial charge >= 0.3 is 0 Å². The largest absolute Gasteiger partial charge is 0.595 e. The molecule has 1 amide bonds. The number of quaternary nitrogens is 1. The Kier molecular flexibility index (Phi) is 4.45. The lowest BCUT2D eigenvalue weighted by molar-refractivity contribution is -0.991. The van der Waals surface area contributed by atoms with E-state index in [2.05, 4.69) is 15.2 Å². The van der Waals surface area contributed by atoms with E-state index in [-0.39, 0.29) is 10.8 Å². The van der Waals surface area contributed by atoms with E-state index < -0.39 is 17.2 Å². The van der Waals surface area contributed by atoms with Crippen molar-refractivity contribution in [3.05, 3.63) is 29.5 Å². The molecule has 1 aliphatic heterocycles. The molecule has 1 aliphatic rings. The third-order valence-corrected chi connectivity index (χ3v) is 3.04. The first-order valence-corrected chi connectivity index (χ1v) is 6.23. The van der Waals surface area contributed by atoms with E-state index in [9.17, 15) is 10.0 Å². The number of hydrogen-bond donors (Lipinski definition) is 3. The highest BCUT2D eigenvalue weighted by Crippen LogP contribution is 2.17. The van der Waals surface area contributed by atoms with Crippen LogP contribution in [-0.4, -0.2) is 33.0 Å². The third kappa shape index (κ3) is 3.32. The van der Waals surface area contributed by atoms with Crippen molar-refractivity contribution in [2.45, 2.75) is 13.0 Å². The first-order valence-electron chi connectivity index (χ1n) is 5.82. The van der Waals surface area contributed by atoms with Crippen molar-refractivity contribution >= 4 is 40.3 Å². The molecular weight excluding hydrogens is 296 g/mol. The second kappa shape index (κ2) is 6.11. The van der Waals surface area contributed by atoms with Crippen LogP contribution in [-0.2, 0) is 4.79 Å². The third-order valence-electron chi connectivity index (χ3n) is 2.75. The summed E-state index contributed by atoms with van der Waals surface area (Å²) in [5, 5.41) is 27.0. The summed E-state index contributed by atoms with van der Waals surface area (Å²) < 4.78 is 0. The van der Waals surface area contributed by atoms with Crippen molar-refractivity contribution in [2.75, 3.05) is 0 Å². The number of benzene rings is 1. The summed E-state index contributed by atoms with van der Waals surface area (Å²) in [6.45, 7) is 1.61. The van der Waals surface area contributed by atoms with Crippen LogP contribution in [0.3, 0.4) is 0 Å². The van der Waals surface area contributed by atoms with E-state index in [1.54, 1.807) is 6.92 Å². The molecule has 21 heavy (non-hydrogen) atoms. The molecule has 0 radical (unpaired) electrons. The minimum atomic E-state index is -1.03. The monoisotopic (exact) mass is 308 g/mol. The van der Waals surface area contributed by atoms with Crippen LogP contribution in [0.5, 0.6) is 0 Å². The SMILES string of the molecule is CC1=NC(=S)N(N)C(=O)[C@H]1N=Nc1ccc([NH+]([O-])O)cc1. The van der Waals surface area contributed by atoms with Gasteiger partial charge in [-0.15, -0.1) is 0 Å². The van der Waals surface area contributed by atoms with Gasteiger partial charge in [-0.1, -0.05) is 0 Å². The standard InChI is InChI=1S/C11H12N6O3S/c1-6-9(10(18)16(12)11(21)13-6)15-14-7-2-4-8(5-3-7)17(19)20/h2-5,9,17,19H,12H2,1H3/t9-/m0/s1. The quantitative estimate of drug-likeness (QED) is 0.238. The molecule has 0 aliphatic carbocycles. The first kappa shape index (κ1) is 15.3. The molecule has 0 bridgehead atoms. The van der Waals surface area contributed by atoms with E-state index in [0.717, 1.165) is 5.01 Å². The van der Waals surface area contributed by atoms with Gasteiger partial charge in [0.2, 0.25) is 5.11 Å². The maximum absolute atomic E-state index is 11.9. The molecule has 2 atom stereocenters. The molecule has 2 rings (SSSR count). The molecule has 0 saturated carbocycles. The van der Waals surface area contributed by atoms with E-state index in [4.69, 9.17) is 23.3 Å². The Labute approximate surface area is 124 Å². The number of rotatable bonds is 3. The minimum absolute atomic E-state index is 0.0187. The fourth-order valence-corrected chi connectivity index (χ4v) is 1.83. The van der Waals surface area contributed by atoms with Crippen molar-refractivity contribution in [2.24, 2.45) is 21.1 Å². The van der Waals surface area contributed by atoms with Crippen molar-refractivity contribution in [3.63, 3.8) is 0 Å². The van der Waals surface area contributed by atoms with E-state index in [0.29, 0.717) is 11.4 Å². The Morgan fingerprint density at radius 3 is 2.67 bits per heavy atom. The summed E-state index contributed by atoms with van der Waals surface area (Å²) in [4.78, 5) is 15.9. The smallest absolute Gasteiger partial charge is 0.275 e. The van der Waals surface area contributed by atoms with Crippen molar-refractivity contribution in [1.82, 2.24) is 5.01 Å². The number of amides is 1. The lowest BCUT2D eigenvalue weighted by Gasteiger charge is -2.23. The molecule has 1 aromatic rings. The summed E-state index contributed by atoms with van der Waals surface area (Å²) in [5.74, 6) is 4.95. The molecule has 10 heteroatoms. The van der Waals surface area contributed by atoms with Crippen LogP contribution in [0.2, 0.25) is 0 Å². The average Bonchev–Trinajstić information content (AvgIpc) is 2.45. The number of aliphatic imine (C=N–C) groups is 1. The minimum Gasteiger partial charge on any atom is -0.595 e. The van der Waals surface area contributed by atoms with Crippen LogP contribution in [0.25, 0.3) is 0 Å².